The Bertz CT molecular complexity index is 747. The molecule has 0 aliphatic carbocycles. The average molecular weight is 332 g/mol. The van der Waals surface area contributed by atoms with Crippen LogP contribution in [0.5, 0.6) is 0 Å². The van der Waals surface area contributed by atoms with E-state index in [9.17, 15) is 0 Å². The molecule has 0 bridgehead atoms. The lowest BCUT2D eigenvalue weighted by atomic mass is 10.1. The molecule has 3 aromatic carbocycles. The molecule has 0 aliphatic rings. The van der Waals surface area contributed by atoms with E-state index in [0.717, 1.165) is 5.56 Å². The standard InChI is InChI=1S/C21H16S2/c1-2-17-11-9-10-16-20(17)21(22-18-12-5-3-6-13-18)23-19-14-7-4-8-15-19/h1,3-16,21H. The highest BCUT2D eigenvalue weighted by Crippen LogP contribution is 2.47. The van der Waals surface area contributed by atoms with Crippen molar-refractivity contribution in [2.45, 2.75) is 14.4 Å². The highest BCUT2D eigenvalue weighted by Gasteiger charge is 2.17. The van der Waals surface area contributed by atoms with Gasteiger partial charge in [-0.3, -0.25) is 0 Å². The zero-order valence-corrected chi connectivity index (χ0v) is 14.2. The highest BCUT2D eigenvalue weighted by atomic mass is 32.2. The summed E-state index contributed by atoms with van der Waals surface area (Å²) in [6, 6.07) is 29.1. The van der Waals surface area contributed by atoms with E-state index in [4.69, 9.17) is 6.42 Å². The van der Waals surface area contributed by atoms with Gasteiger partial charge >= 0.3 is 0 Å². The summed E-state index contributed by atoms with van der Waals surface area (Å²) in [4.78, 5) is 2.49. The van der Waals surface area contributed by atoms with Crippen LogP contribution in [0.4, 0.5) is 0 Å². The monoisotopic (exact) mass is 332 g/mol. The van der Waals surface area contributed by atoms with E-state index in [1.165, 1.54) is 15.4 Å². The molecule has 0 saturated carbocycles. The summed E-state index contributed by atoms with van der Waals surface area (Å²) in [7, 11) is 0. The molecule has 0 amide bonds. The van der Waals surface area contributed by atoms with Crippen LogP contribution in [-0.2, 0) is 0 Å². The van der Waals surface area contributed by atoms with E-state index in [0.29, 0.717) is 0 Å². The quantitative estimate of drug-likeness (QED) is 0.308. The first kappa shape index (κ1) is 15.8. The predicted molar refractivity (Wildman–Crippen MR) is 102 cm³/mol. The van der Waals surface area contributed by atoms with Crippen LogP contribution >= 0.6 is 23.5 Å². The fraction of sp³-hybridized carbons (Fsp3) is 0.0476. The van der Waals surface area contributed by atoms with E-state index in [-0.39, 0.29) is 4.58 Å². The second-order valence-electron chi connectivity index (χ2n) is 4.93. The van der Waals surface area contributed by atoms with Gasteiger partial charge in [0.15, 0.2) is 0 Å². The molecule has 3 aromatic rings. The van der Waals surface area contributed by atoms with E-state index < -0.39 is 0 Å². The second kappa shape index (κ2) is 7.97. The molecular weight excluding hydrogens is 316 g/mol. The van der Waals surface area contributed by atoms with Gasteiger partial charge in [-0.15, -0.1) is 29.9 Å². The molecule has 0 saturated heterocycles. The van der Waals surface area contributed by atoms with E-state index in [2.05, 4.69) is 66.6 Å². The summed E-state index contributed by atoms with van der Waals surface area (Å²) < 4.78 is 0.215. The SMILES string of the molecule is C#Cc1ccccc1C(Sc1ccccc1)Sc1ccccc1. The van der Waals surface area contributed by atoms with Crippen LogP contribution < -0.4 is 0 Å². The summed E-state index contributed by atoms with van der Waals surface area (Å²) >= 11 is 3.67. The molecule has 0 nitrogen and oxygen atoms in total. The minimum absolute atomic E-state index is 0.215. The summed E-state index contributed by atoms with van der Waals surface area (Å²) in [5.41, 5.74) is 2.15. The normalized spacial score (nSPS) is 10.4. The number of hydrogen-bond acceptors (Lipinski definition) is 2. The maximum absolute atomic E-state index is 5.71. The molecule has 0 atom stereocenters. The Balaban J connectivity index is 1.94. The lowest BCUT2D eigenvalue weighted by molar-refractivity contribution is 1.32. The first-order chi connectivity index (χ1) is 11.4. The first-order valence-electron chi connectivity index (χ1n) is 7.36. The third-order valence-electron chi connectivity index (χ3n) is 3.34. The Labute approximate surface area is 146 Å². The highest BCUT2D eigenvalue weighted by molar-refractivity contribution is 8.16. The zero-order valence-electron chi connectivity index (χ0n) is 12.6. The fourth-order valence-electron chi connectivity index (χ4n) is 2.23. The van der Waals surface area contributed by atoms with Gasteiger partial charge < -0.3 is 0 Å². The molecule has 2 heteroatoms. The van der Waals surface area contributed by atoms with Gasteiger partial charge in [0.05, 0.1) is 4.58 Å². The summed E-state index contributed by atoms with van der Waals surface area (Å²) in [5, 5.41) is 0. The van der Waals surface area contributed by atoms with Crippen LogP contribution in [0.2, 0.25) is 0 Å². The molecule has 0 fully saturated rings. The molecule has 0 heterocycles. The Morgan fingerprint density at radius 2 is 1.13 bits per heavy atom. The number of benzene rings is 3. The van der Waals surface area contributed by atoms with Crippen molar-refractivity contribution < 1.29 is 0 Å². The summed E-state index contributed by atoms with van der Waals surface area (Å²) in [5.74, 6) is 2.82. The lowest BCUT2D eigenvalue weighted by Gasteiger charge is -2.18. The minimum atomic E-state index is 0.215. The lowest BCUT2D eigenvalue weighted by Crippen LogP contribution is -1.94. The van der Waals surface area contributed by atoms with Crippen LogP contribution in [0.1, 0.15) is 15.7 Å². The van der Waals surface area contributed by atoms with Crippen LogP contribution in [-0.4, -0.2) is 0 Å². The van der Waals surface area contributed by atoms with Crippen molar-refractivity contribution in [1.29, 1.82) is 0 Å². The smallest absolute Gasteiger partial charge is 0.0857 e. The van der Waals surface area contributed by atoms with Crippen LogP contribution in [0.25, 0.3) is 0 Å². The van der Waals surface area contributed by atoms with Crippen molar-refractivity contribution in [3.05, 3.63) is 96.1 Å². The number of thioether (sulfide) groups is 2. The van der Waals surface area contributed by atoms with Gasteiger partial charge in [-0.1, -0.05) is 60.5 Å². The number of terminal acetylenes is 1. The van der Waals surface area contributed by atoms with Crippen molar-refractivity contribution in [3.63, 3.8) is 0 Å². The van der Waals surface area contributed by atoms with Gasteiger partial charge in [0.2, 0.25) is 0 Å². The Morgan fingerprint density at radius 1 is 0.652 bits per heavy atom. The number of hydrogen-bond donors (Lipinski definition) is 0. The van der Waals surface area contributed by atoms with Crippen molar-refractivity contribution in [3.8, 4) is 12.3 Å². The van der Waals surface area contributed by atoms with E-state index in [1.54, 1.807) is 0 Å². The first-order valence-corrected chi connectivity index (χ1v) is 9.12. The topological polar surface area (TPSA) is 0 Å². The average Bonchev–Trinajstić information content (AvgIpc) is 2.63. The molecule has 23 heavy (non-hydrogen) atoms. The third kappa shape index (κ3) is 4.22. The molecule has 0 N–H and O–H groups in total. The fourth-order valence-corrected chi connectivity index (χ4v) is 4.88. The van der Waals surface area contributed by atoms with Crippen LogP contribution in [0, 0.1) is 12.3 Å². The van der Waals surface area contributed by atoms with Gasteiger partial charge in [-0.2, -0.15) is 0 Å². The largest absolute Gasteiger partial charge is 0.115 e. The zero-order chi connectivity index (χ0) is 15.9. The summed E-state index contributed by atoms with van der Waals surface area (Å²) in [6.45, 7) is 0. The van der Waals surface area contributed by atoms with Gasteiger partial charge in [0.1, 0.15) is 0 Å². The summed E-state index contributed by atoms with van der Waals surface area (Å²) in [6.07, 6.45) is 5.71. The maximum Gasteiger partial charge on any atom is 0.0857 e. The molecule has 0 aromatic heterocycles. The second-order valence-corrected chi connectivity index (χ2v) is 7.58. The Morgan fingerprint density at radius 3 is 1.65 bits per heavy atom. The van der Waals surface area contributed by atoms with E-state index >= 15 is 0 Å². The predicted octanol–water partition coefficient (Wildman–Crippen LogP) is 6.25. The Hall–Kier alpha value is -2.08. The maximum atomic E-state index is 5.71. The molecule has 3 rings (SSSR count). The van der Waals surface area contributed by atoms with Gasteiger partial charge in [0, 0.05) is 15.4 Å². The van der Waals surface area contributed by atoms with Crippen molar-refractivity contribution in [2.24, 2.45) is 0 Å². The molecule has 0 unspecified atom stereocenters. The van der Waals surface area contributed by atoms with Gasteiger partial charge in [-0.05, 0) is 35.9 Å². The minimum Gasteiger partial charge on any atom is -0.115 e. The molecule has 0 spiro atoms. The molecule has 0 aliphatic heterocycles. The molecule has 0 radical (unpaired) electrons. The van der Waals surface area contributed by atoms with Crippen LogP contribution in [0.15, 0.2) is 94.7 Å². The van der Waals surface area contributed by atoms with Crippen molar-refractivity contribution in [1.82, 2.24) is 0 Å². The van der Waals surface area contributed by atoms with Crippen LogP contribution in [0.3, 0.4) is 0 Å². The van der Waals surface area contributed by atoms with Gasteiger partial charge in [-0.25, -0.2) is 0 Å². The third-order valence-corrected chi connectivity index (χ3v) is 5.94. The van der Waals surface area contributed by atoms with Crippen molar-refractivity contribution in [2.75, 3.05) is 0 Å². The Kier molecular flexibility index (Phi) is 5.47. The molecule has 112 valence electrons. The van der Waals surface area contributed by atoms with E-state index in [1.807, 2.05) is 47.8 Å². The van der Waals surface area contributed by atoms with Gasteiger partial charge in [0.25, 0.3) is 0 Å². The number of rotatable bonds is 5. The van der Waals surface area contributed by atoms with Crippen molar-refractivity contribution >= 4 is 23.5 Å². The molecular formula is C21H16S2.